The summed E-state index contributed by atoms with van der Waals surface area (Å²) in [7, 11) is 0. The maximum atomic E-state index is 5.58. The molecular formula is C20H22O. The van der Waals surface area contributed by atoms with Crippen LogP contribution in [0.3, 0.4) is 0 Å². The summed E-state index contributed by atoms with van der Waals surface area (Å²) in [6.07, 6.45) is 8.34. The van der Waals surface area contributed by atoms with E-state index in [1.165, 1.54) is 22.3 Å². The van der Waals surface area contributed by atoms with Crippen molar-refractivity contribution in [1.29, 1.82) is 0 Å². The fraction of sp³-hybridized carbons (Fsp3) is 0.200. The van der Waals surface area contributed by atoms with Crippen LogP contribution in [-0.4, -0.2) is 13.2 Å². The van der Waals surface area contributed by atoms with Crippen LogP contribution in [0.1, 0.15) is 22.3 Å². The average Bonchev–Trinajstić information content (AvgIpc) is 2.50. The van der Waals surface area contributed by atoms with Gasteiger partial charge in [-0.25, -0.2) is 0 Å². The molecule has 0 aromatic heterocycles. The van der Waals surface area contributed by atoms with Crippen molar-refractivity contribution in [3.05, 3.63) is 82.9 Å². The third-order valence-corrected chi connectivity index (χ3v) is 3.40. The molecule has 0 aliphatic carbocycles. The first-order valence-electron chi connectivity index (χ1n) is 7.29. The monoisotopic (exact) mass is 278 g/mol. The van der Waals surface area contributed by atoms with E-state index >= 15 is 0 Å². The molecule has 1 heteroatoms. The Morgan fingerprint density at radius 2 is 1.14 bits per heavy atom. The van der Waals surface area contributed by atoms with Crippen LogP contribution in [0.2, 0.25) is 0 Å². The zero-order chi connectivity index (χ0) is 14.9. The van der Waals surface area contributed by atoms with E-state index in [-0.39, 0.29) is 0 Å². The van der Waals surface area contributed by atoms with Crippen LogP contribution in [0.25, 0.3) is 12.2 Å². The molecule has 1 nitrogen and oxygen atoms in total. The lowest BCUT2D eigenvalue weighted by molar-refractivity contribution is 0.195. The van der Waals surface area contributed by atoms with Crippen LogP contribution in [-0.2, 0) is 4.74 Å². The molecule has 2 aromatic carbocycles. The molecule has 0 spiro atoms. The highest BCUT2D eigenvalue weighted by Gasteiger charge is 1.91. The Morgan fingerprint density at radius 3 is 1.57 bits per heavy atom. The van der Waals surface area contributed by atoms with Gasteiger partial charge in [-0.05, 0) is 36.1 Å². The minimum absolute atomic E-state index is 0.631. The Morgan fingerprint density at radius 1 is 0.714 bits per heavy atom. The normalized spacial score (nSPS) is 11.5. The van der Waals surface area contributed by atoms with Gasteiger partial charge in [0.2, 0.25) is 0 Å². The molecule has 0 fully saturated rings. The maximum absolute atomic E-state index is 5.58. The fourth-order valence-corrected chi connectivity index (χ4v) is 2.10. The lowest BCUT2D eigenvalue weighted by Gasteiger charge is -2.00. The molecule has 0 atom stereocenters. The first-order valence-corrected chi connectivity index (χ1v) is 7.29. The molecule has 0 N–H and O–H groups in total. The summed E-state index contributed by atoms with van der Waals surface area (Å²) < 4.78 is 5.58. The van der Waals surface area contributed by atoms with E-state index in [1.807, 2.05) is 0 Å². The van der Waals surface area contributed by atoms with Crippen LogP contribution in [0.4, 0.5) is 0 Å². The summed E-state index contributed by atoms with van der Waals surface area (Å²) in [5, 5.41) is 0. The summed E-state index contributed by atoms with van der Waals surface area (Å²) in [5.41, 5.74) is 5.06. The standard InChI is InChI=1S/C20H22O/c1-17-9-3-5-11-19(17)13-7-15-21-16-8-14-20-12-6-4-10-18(20)2/h3-14H,15-16H2,1-2H3. The number of hydrogen-bond donors (Lipinski definition) is 0. The van der Waals surface area contributed by atoms with E-state index in [0.29, 0.717) is 13.2 Å². The van der Waals surface area contributed by atoms with Crippen LogP contribution in [0.15, 0.2) is 60.7 Å². The van der Waals surface area contributed by atoms with E-state index in [9.17, 15) is 0 Å². The third-order valence-electron chi connectivity index (χ3n) is 3.40. The quantitative estimate of drug-likeness (QED) is 0.672. The molecule has 0 bridgehead atoms. The van der Waals surface area contributed by atoms with Crippen LogP contribution in [0, 0.1) is 13.8 Å². The molecule has 108 valence electrons. The number of aryl methyl sites for hydroxylation is 2. The Hall–Kier alpha value is -2.12. The van der Waals surface area contributed by atoms with E-state index in [1.54, 1.807) is 0 Å². The number of rotatable bonds is 6. The highest BCUT2D eigenvalue weighted by atomic mass is 16.5. The minimum atomic E-state index is 0.631. The van der Waals surface area contributed by atoms with Crippen molar-refractivity contribution in [3.63, 3.8) is 0 Å². The van der Waals surface area contributed by atoms with Crippen LogP contribution in [0.5, 0.6) is 0 Å². The molecule has 0 heterocycles. The van der Waals surface area contributed by atoms with Gasteiger partial charge in [-0.3, -0.25) is 0 Å². The van der Waals surface area contributed by atoms with Gasteiger partial charge in [0.05, 0.1) is 13.2 Å². The molecule has 0 saturated carbocycles. The van der Waals surface area contributed by atoms with Gasteiger partial charge in [-0.15, -0.1) is 0 Å². The largest absolute Gasteiger partial charge is 0.373 e. The molecule has 0 saturated heterocycles. The zero-order valence-corrected chi connectivity index (χ0v) is 12.8. The maximum Gasteiger partial charge on any atom is 0.0655 e. The summed E-state index contributed by atoms with van der Waals surface area (Å²) in [4.78, 5) is 0. The Kier molecular flexibility index (Phi) is 5.99. The van der Waals surface area contributed by atoms with Gasteiger partial charge in [0.25, 0.3) is 0 Å². The molecule has 0 radical (unpaired) electrons. The predicted octanol–water partition coefficient (Wildman–Crippen LogP) is 5.05. The highest BCUT2D eigenvalue weighted by molar-refractivity contribution is 5.54. The molecule has 0 aliphatic heterocycles. The van der Waals surface area contributed by atoms with Crippen LogP contribution < -0.4 is 0 Å². The second-order valence-electron chi connectivity index (χ2n) is 5.06. The smallest absolute Gasteiger partial charge is 0.0655 e. The zero-order valence-electron chi connectivity index (χ0n) is 12.8. The topological polar surface area (TPSA) is 9.23 Å². The summed E-state index contributed by atoms with van der Waals surface area (Å²) in [6, 6.07) is 16.7. The highest BCUT2D eigenvalue weighted by Crippen LogP contribution is 2.09. The summed E-state index contributed by atoms with van der Waals surface area (Å²) in [6.45, 7) is 5.50. The first kappa shape index (κ1) is 15.3. The fourth-order valence-electron chi connectivity index (χ4n) is 2.10. The van der Waals surface area contributed by atoms with Gasteiger partial charge in [-0.1, -0.05) is 72.8 Å². The van der Waals surface area contributed by atoms with Gasteiger partial charge in [0.1, 0.15) is 0 Å². The second-order valence-corrected chi connectivity index (χ2v) is 5.06. The summed E-state index contributed by atoms with van der Waals surface area (Å²) in [5.74, 6) is 0. The van der Waals surface area contributed by atoms with E-state index in [2.05, 4.69) is 86.7 Å². The van der Waals surface area contributed by atoms with Crippen molar-refractivity contribution >= 4 is 12.2 Å². The van der Waals surface area contributed by atoms with Gasteiger partial charge in [0.15, 0.2) is 0 Å². The minimum Gasteiger partial charge on any atom is -0.373 e. The molecule has 0 amide bonds. The van der Waals surface area contributed by atoms with Gasteiger partial charge < -0.3 is 4.74 Å². The molecule has 0 aliphatic rings. The molecule has 0 unspecified atom stereocenters. The average molecular weight is 278 g/mol. The lowest BCUT2D eigenvalue weighted by Crippen LogP contribution is -1.90. The van der Waals surface area contributed by atoms with Crippen LogP contribution >= 0.6 is 0 Å². The SMILES string of the molecule is Cc1ccccc1C=CCOCC=Cc1ccccc1C. The number of hydrogen-bond acceptors (Lipinski definition) is 1. The van der Waals surface area contributed by atoms with Crippen molar-refractivity contribution < 1.29 is 4.74 Å². The van der Waals surface area contributed by atoms with E-state index < -0.39 is 0 Å². The first-order chi connectivity index (χ1) is 10.3. The van der Waals surface area contributed by atoms with Gasteiger partial charge in [0, 0.05) is 0 Å². The second kappa shape index (κ2) is 8.23. The molecule has 2 aromatic rings. The van der Waals surface area contributed by atoms with Gasteiger partial charge in [-0.2, -0.15) is 0 Å². The number of ether oxygens (including phenoxy) is 1. The van der Waals surface area contributed by atoms with Crippen molar-refractivity contribution in [2.24, 2.45) is 0 Å². The van der Waals surface area contributed by atoms with Crippen molar-refractivity contribution in [3.8, 4) is 0 Å². The van der Waals surface area contributed by atoms with Crippen molar-refractivity contribution in [1.82, 2.24) is 0 Å². The van der Waals surface area contributed by atoms with E-state index in [4.69, 9.17) is 4.74 Å². The van der Waals surface area contributed by atoms with Crippen molar-refractivity contribution in [2.45, 2.75) is 13.8 Å². The Balaban J connectivity index is 1.73. The predicted molar refractivity (Wildman–Crippen MR) is 91.2 cm³/mol. The lowest BCUT2D eigenvalue weighted by atomic mass is 10.1. The molecule has 21 heavy (non-hydrogen) atoms. The Labute approximate surface area is 127 Å². The summed E-state index contributed by atoms with van der Waals surface area (Å²) >= 11 is 0. The number of benzene rings is 2. The Bertz CT molecular complexity index is 568. The third kappa shape index (κ3) is 5.05. The molecular weight excluding hydrogens is 256 g/mol. The van der Waals surface area contributed by atoms with Gasteiger partial charge >= 0.3 is 0 Å². The van der Waals surface area contributed by atoms with Crippen molar-refractivity contribution in [2.75, 3.05) is 13.2 Å². The molecule has 2 rings (SSSR count). The van der Waals surface area contributed by atoms with E-state index in [0.717, 1.165) is 0 Å².